The van der Waals surface area contributed by atoms with Crippen molar-refractivity contribution in [1.29, 1.82) is 0 Å². The highest BCUT2D eigenvalue weighted by Gasteiger charge is 2.29. The van der Waals surface area contributed by atoms with Gasteiger partial charge in [-0.2, -0.15) is 5.10 Å². The first-order chi connectivity index (χ1) is 16.9. The number of aryl methyl sites for hydroxylation is 1. The van der Waals surface area contributed by atoms with Crippen LogP contribution in [-0.2, 0) is 22.6 Å². The van der Waals surface area contributed by atoms with Crippen LogP contribution >= 0.6 is 0 Å². The maximum atomic E-state index is 13.4. The van der Waals surface area contributed by atoms with Gasteiger partial charge in [-0.3, -0.25) is 19.1 Å². The van der Waals surface area contributed by atoms with E-state index in [1.165, 1.54) is 0 Å². The average Bonchev–Trinajstić information content (AvgIpc) is 3.24. The summed E-state index contributed by atoms with van der Waals surface area (Å²) in [6, 6.07) is 11.5. The molecule has 35 heavy (non-hydrogen) atoms. The minimum Gasteiger partial charge on any atom is -0.378 e. The third kappa shape index (κ3) is 6.28. The first-order valence-corrected chi connectivity index (χ1v) is 12.5. The van der Waals surface area contributed by atoms with Gasteiger partial charge in [0.15, 0.2) is 5.69 Å². The Morgan fingerprint density at radius 2 is 1.83 bits per heavy atom. The summed E-state index contributed by atoms with van der Waals surface area (Å²) < 4.78 is 6.98. The summed E-state index contributed by atoms with van der Waals surface area (Å²) >= 11 is 0. The molecule has 188 valence electrons. The van der Waals surface area contributed by atoms with Crippen molar-refractivity contribution in [2.45, 2.75) is 39.8 Å². The number of fused-ring (bicyclic) bond motifs is 1. The van der Waals surface area contributed by atoms with Crippen molar-refractivity contribution < 1.29 is 19.1 Å². The molecule has 2 aromatic rings. The zero-order valence-corrected chi connectivity index (χ0v) is 20.7. The Hall–Kier alpha value is -3.20. The molecule has 0 N–H and O–H groups in total. The lowest BCUT2D eigenvalue weighted by Gasteiger charge is -2.29. The lowest BCUT2D eigenvalue weighted by molar-refractivity contribution is -0.135. The molecular formula is C26H35N5O4. The summed E-state index contributed by atoms with van der Waals surface area (Å²) in [5, 5.41) is 4.51. The Labute approximate surface area is 206 Å². The van der Waals surface area contributed by atoms with E-state index in [4.69, 9.17) is 4.74 Å². The van der Waals surface area contributed by atoms with Gasteiger partial charge in [-0.1, -0.05) is 44.2 Å². The smallest absolute Gasteiger partial charge is 0.274 e. The number of hydrogen-bond donors (Lipinski definition) is 0. The Balaban J connectivity index is 1.46. The van der Waals surface area contributed by atoms with Crippen molar-refractivity contribution in [3.05, 3.63) is 53.3 Å². The SMILES string of the molecule is CC(C)CN(CCC(=O)N1CCOCC1)C(=O)c1cc2n(n1)CCCN(Cc1ccccc1)C2=O. The predicted molar refractivity (Wildman–Crippen MR) is 131 cm³/mol. The second-order valence-electron chi connectivity index (χ2n) is 9.59. The Kier molecular flexibility index (Phi) is 8.17. The topological polar surface area (TPSA) is 88.0 Å². The molecule has 3 amide bonds. The third-order valence-corrected chi connectivity index (χ3v) is 6.35. The number of ether oxygens (including phenoxy) is 1. The molecule has 2 aliphatic rings. The van der Waals surface area contributed by atoms with Gasteiger partial charge in [-0.25, -0.2) is 0 Å². The number of nitrogens with zero attached hydrogens (tertiary/aromatic N) is 5. The van der Waals surface area contributed by atoms with Gasteiger partial charge in [0.05, 0.1) is 13.2 Å². The largest absolute Gasteiger partial charge is 0.378 e. The van der Waals surface area contributed by atoms with Crippen molar-refractivity contribution in [1.82, 2.24) is 24.5 Å². The van der Waals surface area contributed by atoms with Gasteiger partial charge in [0.25, 0.3) is 11.8 Å². The van der Waals surface area contributed by atoms with E-state index in [0.717, 1.165) is 12.0 Å². The fraction of sp³-hybridized carbons (Fsp3) is 0.538. The number of benzene rings is 1. The minimum atomic E-state index is -0.239. The maximum Gasteiger partial charge on any atom is 0.274 e. The Bertz CT molecular complexity index is 1030. The zero-order valence-electron chi connectivity index (χ0n) is 20.7. The number of amides is 3. The van der Waals surface area contributed by atoms with Gasteiger partial charge < -0.3 is 19.4 Å². The molecule has 0 bridgehead atoms. The van der Waals surface area contributed by atoms with Crippen LogP contribution in [0.4, 0.5) is 0 Å². The number of carbonyl (C=O) groups excluding carboxylic acids is 3. The molecule has 2 aliphatic heterocycles. The number of carbonyl (C=O) groups is 3. The highest BCUT2D eigenvalue weighted by Crippen LogP contribution is 2.18. The molecule has 1 aromatic carbocycles. The van der Waals surface area contributed by atoms with Crippen LogP contribution in [0, 0.1) is 5.92 Å². The second kappa shape index (κ2) is 11.5. The van der Waals surface area contributed by atoms with Gasteiger partial charge in [0.1, 0.15) is 5.69 Å². The van der Waals surface area contributed by atoms with Crippen LogP contribution in [0.15, 0.2) is 36.4 Å². The molecule has 1 saturated heterocycles. The average molecular weight is 482 g/mol. The molecule has 0 aliphatic carbocycles. The van der Waals surface area contributed by atoms with E-state index in [9.17, 15) is 14.4 Å². The molecule has 0 radical (unpaired) electrons. The van der Waals surface area contributed by atoms with Gasteiger partial charge in [0.2, 0.25) is 5.91 Å². The maximum absolute atomic E-state index is 13.4. The van der Waals surface area contributed by atoms with E-state index in [-0.39, 0.29) is 35.8 Å². The lowest BCUT2D eigenvalue weighted by atomic mass is 10.1. The monoisotopic (exact) mass is 481 g/mol. The molecular weight excluding hydrogens is 446 g/mol. The van der Waals surface area contributed by atoms with E-state index in [0.29, 0.717) is 64.7 Å². The van der Waals surface area contributed by atoms with Gasteiger partial charge in [-0.05, 0) is 17.9 Å². The van der Waals surface area contributed by atoms with Crippen molar-refractivity contribution in [2.75, 3.05) is 45.9 Å². The summed E-state index contributed by atoms with van der Waals surface area (Å²) in [6.07, 6.45) is 1.03. The van der Waals surface area contributed by atoms with Gasteiger partial charge in [-0.15, -0.1) is 0 Å². The summed E-state index contributed by atoms with van der Waals surface area (Å²) in [4.78, 5) is 44.7. The molecule has 1 fully saturated rings. The van der Waals surface area contributed by atoms with E-state index in [1.54, 1.807) is 20.5 Å². The van der Waals surface area contributed by atoms with Gasteiger partial charge >= 0.3 is 0 Å². The van der Waals surface area contributed by atoms with Crippen molar-refractivity contribution in [2.24, 2.45) is 5.92 Å². The van der Waals surface area contributed by atoms with Crippen LogP contribution in [0.3, 0.4) is 0 Å². The highest BCUT2D eigenvalue weighted by molar-refractivity contribution is 5.98. The molecule has 4 rings (SSSR count). The van der Waals surface area contributed by atoms with Gasteiger partial charge in [0, 0.05) is 58.3 Å². The van der Waals surface area contributed by atoms with Crippen LogP contribution in [-0.4, -0.2) is 88.1 Å². The quantitative estimate of drug-likeness (QED) is 0.577. The molecule has 0 saturated carbocycles. The molecule has 9 heteroatoms. The Morgan fingerprint density at radius 3 is 2.54 bits per heavy atom. The predicted octanol–water partition coefficient (Wildman–Crippen LogP) is 2.28. The fourth-order valence-electron chi connectivity index (χ4n) is 4.57. The standard InChI is InChI=1S/C26H35N5O4/c1-20(2)18-30(12-9-24(32)28-13-15-35-16-14-28)25(33)22-17-23-26(34)29(10-6-11-31(23)27-22)19-21-7-4-3-5-8-21/h3-5,7-8,17,20H,6,9-16,18-19H2,1-2H3. The molecule has 9 nitrogen and oxygen atoms in total. The summed E-state index contributed by atoms with van der Waals surface area (Å²) in [6.45, 7) is 8.95. The molecule has 3 heterocycles. The third-order valence-electron chi connectivity index (χ3n) is 6.35. The van der Waals surface area contributed by atoms with Crippen LogP contribution in [0.5, 0.6) is 0 Å². The number of rotatable bonds is 8. The first-order valence-electron chi connectivity index (χ1n) is 12.5. The van der Waals surface area contributed by atoms with Crippen LogP contribution in [0.25, 0.3) is 0 Å². The number of aromatic nitrogens is 2. The molecule has 0 unspecified atom stereocenters. The summed E-state index contributed by atoms with van der Waals surface area (Å²) in [5.74, 6) is -0.0876. The second-order valence-corrected chi connectivity index (χ2v) is 9.59. The van der Waals surface area contributed by atoms with Crippen LogP contribution < -0.4 is 0 Å². The lowest BCUT2D eigenvalue weighted by Crippen LogP contribution is -2.43. The van der Waals surface area contributed by atoms with E-state index in [2.05, 4.69) is 5.10 Å². The van der Waals surface area contributed by atoms with Crippen molar-refractivity contribution in [3.63, 3.8) is 0 Å². The fourth-order valence-corrected chi connectivity index (χ4v) is 4.57. The van der Waals surface area contributed by atoms with Crippen LogP contribution in [0.2, 0.25) is 0 Å². The van der Waals surface area contributed by atoms with Crippen molar-refractivity contribution >= 4 is 17.7 Å². The molecule has 0 spiro atoms. The number of hydrogen-bond acceptors (Lipinski definition) is 5. The van der Waals surface area contributed by atoms with Crippen molar-refractivity contribution in [3.8, 4) is 0 Å². The minimum absolute atomic E-state index is 0.0298. The van der Waals surface area contributed by atoms with E-state index in [1.807, 2.05) is 49.1 Å². The Morgan fingerprint density at radius 1 is 1.09 bits per heavy atom. The normalized spacial score (nSPS) is 16.3. The summed E-state index contributed by atoms with van der Waals surface area (Å²) in [5.41, 5.74) is 1.77. The molecule has 0 atom stereocenters. The highest BCUT2D eigenvalue weighted by atomic mass is 16.5. The van der Waals surface area contributed by atoms with Crippen LogP contribution in [0.1, 0.15) is 53.2 Å². The number of morpholine rings is 1. The summed E-state index contributed by atoms with van der Waals surface area (Å²) in [7, 11) is 0. The van der Waals surface area contributed by atoms with E-state index >= 15 is 0 Å². The zero-order chi connectivity index (χ0) is 24.8. The first kappa shape index (κ1) is 24.9. The molecule has 1 aromatic heterocycles. The van der Waals surface area contributed by atoms with E-state index < -0.39 is 0 Å².